The summed E-state index contributed by atoms with van der Waals surface area (Å²) in [7, 11) is -3.56. The first-order valence-corrected chi connectivity index (χ1v) is 12.2. The van der Waals surface area contributed by atoms with Crippen LogP contribution >= 0.6 is 0 Å². The molecule has 2 aromatic heterocycles. The SMILES string of the molecule is C=CS(=O)(=O)Nc1ccc(-c2nc(OC3CCN(C(C)C)CC3)c3c(C)n[nH]c3n2)cc1. The van der Waals surface area contributed by atoms with E-state index < -0.39 is 10.0 Å². The molecule has 2 N–H and O–H groups in total. The predicted octanol–water partition coefficient (Wildman–Crippen LogP) is 3.47. The molecule has 0 spiro atoms. The zero-order valence-corrected chi connectivity index (χ0v) is 19.3. The lowest BCUT2D eigenvalue weighted by molar-refractivity contribution is 0.0824. The molecule has 1 saturated heterocycles. The number of anilines is 1. The maximum absolute atomic E-state index is 11.7. The molecule has 0 atom stereocenters. The van der Waals surface area contributed by atoms with Crippen molar-refractivity contribution in [1.82, 2.24) is 25.1 Å². The Morgan fingerprint density at radius 1 is 1.22 bits per heavy atom. The van der Waals surface area contributed by atoms with Gasteiger partial charge in [-0.15, -0.1) is 0 Å². The van der Waals surface area contributed by atoms with Gasteiger partial charge in [-0.1, -0.05) is 6.58 Å². The van der Waals surface area contributed by atoms with Gasteiger partial charge in [0.25, 0.3) is 10.0 Å². The Morgan fingerprint density at radius 2 is 1.91 bits per heavy atom. The van der Waals surface area contributed by atoms with E-state index in [0.29, 0.717) is 29.1 Å². The lowest BCUT2D eigenvalue weighted by Crippen LogP contribution is -2.41. The lowest BCUT2D eigenvalue weighted by atomic mass is 10.1. The molecule has 0 bridgehead atoms. The number of nitrogens with one attached hydrogen (secondary N) is 2. The van der Waals surface area contributed by atoms with Crippen molar-refractivity contribution in [3.05, 3.63) is 41.9 Å². The maximum Gasteiger partial charge on any atom is 0.254 e. The summed E-state index contributed by atoms with van der Waals surface area (Å²) >= 11 is 0. The minimum absolute atomic E-state index is 0.0842. The Bertz CT molecular complexity index is 1210. The predicted molar refractivity (Wildman–Crippen MR) is 125 cm³/mol. The van der Waals surface area contributed by atoms with Crippen LogP contribution in [-0.2, 0) is 10.0 Å². The van der Waals surface area contributed by atoms with Crippen LogP contribution in [-0.4, -0.2) is 58.7 Å². The van der Waals surface area contributed by atoms with Crippen LogP contribution in [0.5, 0.6) is 5.88 Å². The van der Waals surface area contributed by atoms with Crippen LogP contribution in [0, 0.1) is 6.92 Å². The van der Waals surface area contributed by atoms with Crippen LogP contribution in [0.25, 0.3) is 22.4 Å². The first kappa shape index (κ1) is 22.2. The maximum atomic E-state index is 11.7. The van der Waals surface area contributed by atoms with Gasteiger partial charge in [-0.2, -0.15) is 10.1 Å². The zero-order valence-electron chi connectivity index (χ0n) is 18.5. The Balaban J connectivity index is 1.61. The van der Waals surface area contributed by atoms with Gasteiger partial charge < -0.3 is 9.64 Å². The summed E-state index contributed by atoms with van der Waals surface area (Å²) in [6, 6.07) is 7.37. The monoisotopic (exact) mass is 456 g/mol. The number of benzene rings is 1. The molecule has 1 fully saturated rings. The van der Waals surface area contributed by atoms with E-state index in [1.54, 1.807) is 24.3 Å². The number of aromatic nitrogens is 4. The molecule has 3 heterocycles. The summed E-state index contributed by atoms with van der Waals surface area (Å²) < 4.78 is 32.1. The molecule has 0 aliphatic carbocycles. The number of aryl methyl sites for hydroxylation is 1. The molecule has 1 aliphatic heterocycles. The fourth-order valence-electron chi connectivity index (χ4n) is 3.82. The standard InChI is InChI=1S/C22H28N6O3S/c1-5-32(29,30)27-17-8-6-16(7-9-17)20-23-21-19(15(4)25-26-21)22(24-20)31-18-10-12-28(13-11-18)14(2)3/h5-9,14,18,27H,1,10-13H2,2-4H3,(H,23,24,25,26). The van der Waals surface area contributed by atoms with Crippen molar-refractivity contribution >= 4 is 26.7 Å². The van der Waals surface area contributed by atoms with Crippen LogP contribution < -0.4 is 9.46 Å². The van der Waals surface area contributed by atoms with Gasteiger partial charge in [-0.05, 0) is 57.9 Å². The fraction of sp³-hybridized carbons (Fsp3) is 0.409. The molecule has 4 rings (SSSR count). The van der Waals surface area contributed by atoms with E-state index in [2.05, 4.69) is 45.2 Å². The number of likely N-dealkylation sites (tertiary alicyclic amines) is 1. The number of piperidine rings is 1. The molecule has 32 heavy (non-hydrogen) atoms. The second kappa shape index (κ2) is 8.87. The minimum Gasteiger partial charge on any atom is -0.474 e. The number of hydrogen-bond acceptors (Lipinski definition) is 7. The van der Waals surface area contributed by atoms with Crippen molar-refractivity contribution in [1.29, 1.82) is 0 Å². The normalized spacial score (nSPS) is 15.9. The van der Waals surface area contributed by atoms with Crippen molar-refractivity contribution in [3.8, 4) is 17.3 Å². The fourth-order valence-corrected chi connectivity index (χ4v) is 4.36. The van der Waals surface area contributed by atoms with Crippen LogP contribution in [0.2, 0.25) is 0 Å². The van der Waals surface area contributed by atoms with Gasteiger partial charge in [-0.25, -0.2) is 13.4 Å². The average Bonchev–Trinajstić information content (AvgIpc) is 3.15. The van der Waals surface area contributed by atoms with Gasteiger partial charge in [0.05, 0.1) is 5.69 Å². The van der Waals surface area contributed by atoms with Crippen LogP contribution in [0.1, 0.15) is 32.4 Å². The zero-order chi connectivity index (χ0) is 22.9. The number of fused-ring (bicyclic) bond motifs is 1. The van der Waals surface area contributed by atoms with Crippen molar-refractivity contribution < 1.29 is 13.2 Å². The number of ether oxygens (including phenoxy) is 1. The van der Waals surface area contributed by atoms with Gasteiger partial charge in [0.1, 0.15) is 11.5 Å². The molecule has 170 valence electrons. The van der Waals surface area contributed by atoms with Crippen molar-refractivity contribution in [2.24, 2.45) is 0 Å². The highest BCUT2D eigenvalue weighted by atomic mass is 32.2. The average molecular weight is 457 g/mol. The molecule has 0 saturated carbocycles. The lowest BCUT2D eigenvalue weighted by Gasteiger charge is -2.34. The number of sulfonamides is 1. The van der Waals surface area contributed by atoms with E-state index in [9.17, 15) is 8.42 Å². The molecular weight excluding hydrogens is 428 g/mol. The van der Waals surface area contributed by atoms with Crippen molar-refractivity contribution in [2.45, 2.75) is 45.8 Å². The quantitative estimate of drug-likeness (QED) is 0.560. The molecule has 10 heteroatoms. The van der Waals surface area contributed by atoms with E-state index in [1.165, 1.54) is 0 Å². The third kappa shape index (κ3) is 4.76. The van der Waals surface area contributed by atoms with E-state index in [0.717, 1.165) is 48.0 Å². The highest BCUT2D eigenvalue weighted by molar-refractivity contribution is 7.95. The highest BCUT2D eigenvalue weighted by Gasteiger charge is 2.24. The number of nitrogens with zero attached hydrogens (tertiary/aromatic N) is 4. The Labute approximate surface area is 188 Å². The van der Waals surface area contributed by atoms with Gasteiger partial charge in [0.2, 0.25) is 5.88 Å². The third-order valence-electron chi connectivity index (χ3n) is 5.67. The number of aromatic amines is 1. The first-order chi connectivity index (χ1) is 15.3. The third-order valence-corrected chi connectivity index (χ3v) is 6.63. The van der Waals surface area contributed by atoms with Gasteiger partial charge in [0, 0.05) is 35.8 Å². The van der Waals surface area contributed by atoms with E-state index >= 15 is 0 Å². The topological polar surface area (TPSA) is 113 Å². The summed E-state index contributed by atoms with van der Waals surface area (Å²) in [5.41, 5.74) is 2.56. The van der Waals surface area contributed by atoms with Gasteiger partial charge in [0.15, 0.2) is 11.5 Å². The highest BCUT2D eigenvalue weighted by Crippen LogP contribution is 2.30. The van der Waals surface area contributed by atoms with E-state index in [4.69, 9.17) is 9.72 Å². The second-order valence-electron chi connectivity index (χ2n) is 8.22. The summed E-state index contributed by atoms with van der Waals surface area (Å²) in [6.07, 6.45) is 1.96. The Morgan fingerprint density at radius 3 is 2.53 bits per heavy atom. The molecule has 1 aromatic carbocycles. The van der Waals surface area contributed by atoms with Crippen LogP contribution in [0.4, 0.5) is 5.69 Å². The van der Waals surface area contributed by atoms with E-state index in [1.807, 2.05) is 6.92 Å². The Kier molecular flexibility index (Phi) is 6.16. The number of hydrogen-bond donors (Lipinski definition) is 2. The summed E-state index contributed by atoms with van der Waals surface area (Å²) in [5, 5.41) is 8.89. The molecule has 3 aromatic rings. The van der Waals surface area contributed by atoms with Crippen molar-refractivity contribution in [3.63, 3.8) is 0 Å². The minimum atomic E-state index is -3.56. The molecule has 0 radical (unpaired) electrons. The molecule has 0 amide bonds. The molecule has 9 nitrogen and oxygen atoms in total. The second-order valence-corrected chi connectivity index (χ2v) is 9.85. The van der Waals surface area contributed by atoms with Crippen LogP contribution in [0.15, 0.2) is 36.3 Å². The van der Waals surface area contributed by atoms with Gasteiger partial charge in [-0.3, -0.25) is 9.82 Å². The summed E-state index contributed by atoms with van der Waals surface area (Å²) in [4.78, 5) is 11.8. The largest absolute Gasteiger partial charge is 0.474 e. The van der Waals surface area contributed by atoms with E-state index in [-0.39, 0.29) is 6.10 Å². The van der Waals surface area contributed by atoms with Gasteiger partial charge >= 0.3 is 0 Å². The Hall–Kier alpha value is -2.98. The molecular formula is C22H28N6O3S. The number of H-pyrrole nitrogens is 1. The molecule has 0 unspecified atom stereocenters. The molecule has 1 aliphatic rings. The summed E-state index contributed by atoms with van der Waals surface area (Å²) in [5.74, 6) is 1.00. The first-order valence-electron chi connectivity index (χ1n) is 10.6. The smallest absolute Gasteiger partial charge is 0.254 e. The van der Waals surface area contributed by atoms with Crippen LogP contribution in [0.3, 0.4) is 0 Å². The van der Waals surface area contributed by atoms with Crippen molar-refractivity contribution in [2.75, 3.05) is 17.8 Å². The summed E-state index contributed by atoms with van der Waals surface area (Å²) in [6.45, 7) is 11.6. The number of rotatable bonds is 7.